The third-order valence-corrected chi connectivity index (χ3v) is 5.42. The van der Waals surface area contributed by atoms with E-state index in [0.717, 1.165) is 32.1 Å². The van der Waals surface area contributed by atoms with Gasteiger partial charge in [-0.05, 0) is 19.3 Å². The third-order valence-electron chi connectivity index (χ3n) is 3.42. The Balaban J connectivity index is 2.68. The van der Waals surface area contributed by atoms with Crippen LogP contribution in [0.1, 0.15) is 51.9 Å². The van der Waals surface area contributed by atoms with Crippen molar-refractivity contribution in [3.05, 3.63) is 0 Å². The van der Waals surface area contributed by atoms with Gasteiger partial charge >= 0.3 is 0 Å². The van der Waals surface area contributed by atoms with Crippen LogP contribution in [-0.4, -0.2) is 42.8 Å². The molecule has 1 N–H and O–H groups in total. The highest BCUT2D eigenvalue weighted by Gasteiger charge is 2.29. The molecular weight excluding hydrogens is 238 g/mol. The molecule has 4 nitrogen and oxygen atoms in total. The normalized spacial score (nSPS) is 18.8. The van der Waals surface area contributed by atoms with Crippen molar-refractivity contribution >= 4 is 10.0 Å². The van der Waals surface area contributed by atoms with E-state index < -0.39 is 10.0 Å². The van der Waals surface area contributed by atoms with E-state index in [0.29, 0.717) is 6.42 Å². The molecule has 1 saturated carbocycles. The number of hydrogen-bond acceptors (Lipinski definition) is 3. The molecule has 1 rings (SSSR count). The predicted octanol–water partition coefficient (Wildman–Crippen LogP) is 1.74. The molecule has 0 unspecified atom stereocenters. The van der Waals surface area contributed by atoms with Crippen molar-refractivity contribution in [2.24, 2.45) is 0 Å². The van der Waals surface area contributed by atoms with E-state index in [9.17, 15) is 8.42 Å². The molecule has 0 amide bonds. The van der Waals surface area contributed by atoms with Gasteiger partial charge in [-0.2, -0.15) is 4.31 Å². The first-order valence-electron chi connectivity index (χ1n) is 6.72. The number of unbranched alkanes of at least 4 members (excludes halogenated alkanes) is 1. The molecule has 1 fully saturated rings. The lowest BCUT2D eigenvalue weighted by atomic mass is 9.95. The molecule has 0 saturated heterocycles. The highest BCUT2D eigenvalue weighted by atomic mass is 32.2. The molecule has 5 heteroatoms. The summed E-state index contributed by atoms with van der Waals surface area (Å²) in [5.74, 6) is 0.222. The minimum absolute atomic E-state index is 0.0815. The maximum atomic E-state index is 12.2. The summed E-state index contributed by atoms with van der Waals surface area (Å²) in [7, 11) is -3.17. The minimum Gasteiger partial charge on any atom is -0.395 e. The van der Waals surface area contributed by atoms with Crippen molar-refractivity contribution in [1.82, 2.24) is 4.31 Å². The highest BCUT2D eigenvalue weighted by molar-refractivity contribution is 7.89. The first kappa shape index (κ1) is 14.9. The summed E-state index contributed by atoms with van der Waals surface area (Å²) in [6, 6.07) is 0.123. The third kappa shape index (κ3) is 4.56. The number of nitrogens with zero attached hydrogens (tertiary/aromatic N) is 1. The van der Waals surface area contributed by atoms with Crippen molar-refractivity contribution in [2.75, 3.05) is 18.9 Å². The van der Waals surface area contributed by atoms with Crippen LogP contribution in [-0.2, 0) is 10.0 Å². The highest BCUT2D eigenvalue weighted by Crippen LogP contribution is 2.25. The fourth-order valence-corrected chi connectivity index (χ4v) is 4.37. The van der Waals surface area contributed by atoms with Gasteiger partial charge in [0.25, 0.3) is 0 Å². The topological polar surface area (TPSA) is 57.6 Å². The molecule has 0 aromatic heterocycles. The van der Waals surface area contributed by atoms with Gasteiger partial charge in [-0.3, -0.25) is 0 Å². The Labute approximate surface area is 105 Å². The van der Waals surface area contributed by atoms with E-state index in [-0.39, 0.29) is 24.9 Å². The lowest BCUT2D eigenvalue weighted by Gasteiger charge is -2.33. The first-order chi connectivity index (χ1) is 8.11. The van der Waals surface area contributed by atoms with Crippen LogP contribution >= 0.6 is 0 Å². The Kier molecular flexibility index (Phi) is 6.44. The van der Waals surface area contributed by atoms with Crippen molar-refractivity contribution < 1.29 is 13.5 Å². The minimum atomic E-state index is -3.17. The van der Waals surface area contributed by atoms with E-state index in [4.69, 9.17) is 5.11 Å². The van der Waals surface area contributed by atoms with Gasteiger partial charge in [0.2, 0.25) is 10.0 Å². The van der Waals surface area contributed by atoms with E-state index in [1.165, 1.54) is 6.42 Å². The number of rotatable bonds is 7. The van der Waals surface area contributed by atoms with Crippen molar-refractivity contribution in [1.29, 1.82) is 0 Å². The zero-order valence-corrected chi connectivity index (χ0v) is 11.6. The van der Waals surface area contributed by atoms with E-state index in [1.807, 2.05) is 6.92 Å². The molecule has 0 radical (unpaired) electrons. The van der Waals surface area contributed by atoms with Crippen LogP contribution in [0, 0.1) is 0 Å². The summed E-state index contributed by atoms with van der Waals surface area (Å²) in [5, 5.41) is 9.05. The number of sulfonamides is 1. The molecular formula is C12H25NO3S. The maximum Gasteiger partial charge on any atom is 0.214 e. The van der Waals surface area contributed by atoms with Gasteiger partial charge in [0.1, 0.15) is 0 Å². The van der Waals surface area contributed by atoms with Gasteiger partial charge in [0, 0.05) is 12.6 Å². The summed E-state index contributed by atoms with van der Waals surface area (Å²) in [6.45, 7) is 2.17. The average molecular weight is 263 g/mol. The van der Waals surface area contributed by atoms with Crippen LogP contribution < -0.4 is 0 Å². The van der Waals surface area contributed by atoms with Gasteiger partial charge in [-0.15, -0.1) is 0 Å². The molecule has 1 aliphatic rings. The average Bonchev–Trinajstić information content (AvgIpc) is 2.34. The second-order valence-corrected chi connectivity index (χ2v) is 6.84. The molecule has 0 aromatic rings. The number of aliphatic hydroxyl groups is 1. The molecule has 0 aliphatic heterocycles. The number of hydrogen-bond donors (Lipinski definition) is 1. The van der Waals surface area contributed by atoms with Gasteiger partial charge in [0.05, 0.1) is 12.4 Å². The Morgan fingerprint density at radius 3 is 2.41 bits per heavy atom. The molecule has 0 heterocycles. The smallest absolute Gasteiger partial charge is 0.214 e. The van der Waals surface area contributed by atoms with Gasteiger partial charge in [-0.1, -0.05) is 32.6 Å². The van der Waals surface area contributed by atoms with Crippen LogP contribution in [0.15, 0.2) is 0 Å². The molecule has 17 heavy (non-hydrogen) atoms. The summed E-state index contributed by atoms with van der Waals surface area (Å²) in [6.07, 6.45) is 6.91. The molecule has 1 aliphatic carbocycles. The summed E-state index contributed by atoms with van der Waals surface area (Å²) in [5.41, 5.74) is 0. The largest absolute Gasteiger partial charge is 0.395 e. The summed E-state index contributed by atoms with van der Waals surface area (Å²) < 4.78 is 25.9. The Bertz CT molecular complexity index is 297. The van der Waals surface area contributed by atoms with E-state index >= 15 is 0 Å². The van der Waals surface area contributed by atoms with Gasteiger partial charge < -0.3 is 5.11 Å². The van der Waals surface area contributed by atoms with Crippen LogP contribution in [0.2, 0.25) is 0 Å². The quantitative estimate of drug-likeness (QED) is 0.761. The second kappa shape index (κ2) is 7.34. The molecule has 0 atom stereocenters. The van der Waals surface area contributed by atoms with Crippen LogP contribution in [0.5, 0.6) is 0 Å². The lowest BCUT2D eigenvalue weighted by molar-refractivity contribution is 0.199. The van der Waals surface area contributed by atoms with Crippen molar-refractivity contribution in [3.63, 3.8) is 0 Å². The van der Waals surface area contributed by atoms with Crippen molar-refractivity contribution in [3.8, 4) is 0 Å². The Morgan fingerprint density at radius 2 is 1.88 bits per heavy atom. The fourth-order valence-electron chi connectivity index (χ4n) is 2.46. The van der Waals surface area contributed by atoms with Crippen LogP contribution in [0.4, 0.5) is 0 Å². The fraction of sp³-hybridized carbons (Fsp3) is 1.00. The van der Waals surface area contributed by atoms with Crippen LogP contribution in [0.25, 0.3) is 0 Å². The van der Waals surface area contributed by atoms with E-state index in [2.05, 4.69) is 0 Å². The molecule has 0 spiro atoms. The molecule has 102 valence electrons. The SMILES string of the molecule is CCCCS(=O)(=O)N(CCO)C1CCCCC1. The standard InChI is InChI=1S/C12H25NO3S/c1-2-3-11-17(15,16)13(9-10-14)12-7-5-4-6-8-12/h12,14H,2-11H2,1H3. The maximum absolute atomic E-state index is 12.2. The summed E-state index contributed by atoms with van der Waals surface area (Å²) in [4.78, 5) is 0. The van der Waals surface area contributed by atoms with Gasteiger partial charge in [-0.25, -0.2) is 8.42 Å². The molecule has 0 bridgehead atoms. The number of aliphatic hydroxyl groups excluding tert-OH is 1. The van der Waals surface area contributed by atoms with Crippen LogP contribution in [0.3, 0.4) is 0 Å². The van der Waals surface area contributed by atoms with Crippen molar-refractivity contribution in [2.45, 2.75) is 57.9 Å². The van der Waals surface area contributed by atoms with Gasteiger partial charge in [0.15, 0.2) is 0 Å². The zero-order chi connectivity index (χ0) is 12.7. The lowest BCUT2D eigenvalue weighted by Crippen LogP contribution is -2.44. The Hall–Kier alpha value is -0.130. The Morgan fingerprint density at radius 1 is 1.24 bits per heavy atom. The molecule has 0 aromatic carbocycles. The van der Waals surface area contributed by atoms with E-state index in [1.54, 1.807) is 4.31 Å². The second-order valence-electron chi connectivity index (χ2n) is 4.80. The predicted molar refractivity (Wildman–Crippen MR) is 69.4 cm³/mol. The first-order valence-corrected chi connectivity index (χ1v) is 8.33. The summed E-state index contributed by atoms with van der Waals surface area (Å²) >= 11 is 0. The zero-order valence-electron chi connectivity index (χ0n) is 10.8. The monoisotopic (exact) mass is 263 g/mol.